The molecule has 0 radical (unpaired) electrons. The maximum absolute atomic E-state index is 10.2. The molecule has 0 atom stereocenters. The third-order valence-electron chi connectivity index (χ3n) is 2.11. The first kappa shape index (κ1) is 14.6. The monoisotopic (exact) mass is 220 g/mol. The molecule has 0 aliphatic carbocycles. The number of carboxylic acid groups (broad SMARTS) is 1. The van der Waals surface area contributed by atoms with Crippen LogP contribution in [-0.2, 0) is 4.79 Å². The van der Waals surface area contributed by atoms with Crippen LogP contribution < -0.4 is 0 Å². The SMILES string of the molecule is CCCCCCCC#CC#CCCC(=O)O. The Morgan fingerprint density at radius 1 is 1.00 bits per heavy atom. The van der Waals surface area contributed by atoms with Gasteiger partial charge in [0.05, 0.1) is 6.42 Å². The Balaban J connectivity index is 3.36. The summed E-state index contributed by atoms with van der Waals surface area (Å²) in [5.41, 5.74) is 0. The minimum absolute atomic E-state index is 0.103. The van der Waals surface area contributed by atoms with Crippen LogP contribution in [0.4, 0.5) is 0 Å². The number of rotatable bonds is 7. The minimum atomic E-state index is -0.807. The largest absolute Gasteiger partial charge is 0.481 e. The standard InChI is InChI=1S/C14H20O2/c1-2-3-4-5-6-7-8-9-10-11-12-13-14(15)16/h2-7,12-13H2,1H3,(H,15,16). The molecular formula is C14H20O2. The summed E-state index contributed by atoms with van der Waals surface area (Å²) in [6.07, 6.45) is 7.65. The van der Waals surface area contributed by atoms with E-state index < -0.39 is 5.97 Å². The Bertz CT molecular complexity index is 296. The van der Waals surface area contributed by atoms with Gasteiger partial charge in [0.2, 0.25) is 0 Å². The van der Waals surface area contributed by atoms with Crippen molar-refractivity contribution in [3.63, 3.8) is 0 Å². The first-order valence-corrected chi connectivity index (χ1v) is 5.95. The molecule has 0 bridgehead atoms. The van der Waals surface area contributed by atoms with E-state index in [0.717, 1.165) is 12.8 Å². The fourth-order valence-electron chi connectivity index (χ4n) is 1.20. The van der Waals surface area contributed by atoms with Crippen LogP contribution in [0.15, 0.2) is 0 Å². The van der Waals surface area contributed by atoms with Crippen molar-refractivity contribution >= 4 is 5.97 Å². The Morgan fingerprint density at radius 2 is 1.62 bits per heavy atom. The van der Waals surface area contributed by atoms with E-state index in [1.807, 2.05) is 0 Å². The normalized spacial score (nSPS) is 8.56. The number of carbonyl (C=O) groups is 1. The summed E-state index contributed by atoms with van der Waals surface area (Å²) in [5, 5.41) is 8.35. The maximum Gasteiger partial charge on any atom is 0.304 e. The van der Waals surface area contributed by atoms with Crippen molar-refractivity contribution < 1.29 is 9.90 Å². The smallest absolute Gasteiger partial charge is 0.304 e. The predicted molar refractivity (Wildman–Crippen MR) is 65.8 cm³/mol. The molecule has 0 aromatic heterocycles. The lowest BCUT2D eigenvalue weighted by atomic mass is 10.1. The van der Waals surface area contributed by atoms with E-state index in [4.69, 9.17) is 5.11 Å². The van der Waals surface area contributed by atoms with Gasteiger partial charge in [-0.3, -0.25) is 4.79 Å². The number of hydrogen-bond acceptors (Lipinski definition) is 1. The highest BCUT2D eigenvalue weighted by Gasteiger charge is 1.90. The van der Waals surface area contributed by atoms with E-state index in [1.165, 1.54) is 25.7 Å². The Kier molecular flexibility index (Phi) is 10.6. The van der Waals surface area contributed by atoms with Crippen LogP contribution in [-0.4, -0.2) is 11.1 Å². The molecule has 16 heavy (non-hydrogen) atoms. The van der Waals surface area contributed by atoms with Gasteiger partial charge >= 0.3 is 5.97 Å². The summed E-state index contributed by atoms with van der Waals surface area (Å²) in [6.45, 7) is 2.20. The minimum Gasteiger partial charge on any atom is -0.481 e. The van der Waals surface area contributed by atoms with E-state index >= 15 is 0 Å². The second-order valence-electron chi connectivity index (χ2n) is 3.66. The van der Waals surface area contributed by atoms with Gasteiger partial charge in [-0.1, -0.05) is 44.4 Å². The van der Waals surface area contributed by atoms with Crippen LogP contribution in [0.1, 0.15) is 58.3 Å². The summed E-state index contributed by atoms with van der Waals surface area (Å²) in [5.74, 6) is 10.3. The van der Waals surface area contributed by atoms with E-state index in [0.29, 0.717) is 6.42 Å². The molecule has 0 aliphatic rings. The molecule has 0 spiro atoms. The fourth-order valence-corrected chi connectivity index (χ4v) is 1.20. The summed E-state index contributed by atoms with van der Waals surface area (Å²) in [6, 6.07) is 0. The molecule has 0 unspecified atom stereocenters. The van der Waals surface area contributed by atoms with Crippen LogP contribution in [0.3, 0.4) is 0 Å². The zero-order valence-electron chi connectivity index (χ0n) is 10.0. The molecule has 0 aromatic rings. The summed E-state index contributed by atoms with van der Waals surface area (Å²) in [4.78, 5) is 10.2. The maximum atomic E-state index is 10.2. The van der Waals surface area contributed by atoms with Crippen LogP contribution in [0.5, 0.6) is 0 Å². The van der Waals surface area contributed by atoms with Crippen LogP contribution >= 0.6 is 0 Å². The second-order valence-corrected chi connectivity index (χ2v) is 3.66. The lowest BCUT2D eigenvalue weighted by molar-refractivity contribution is -0.136. The van der Waals surface area contributed by atoms with E-state index in [1.54, 1.807) is 0 Å². The number of aliphatic carboxylic acids is 1. The molecule has 0 amide bonds. The number of unbranched alkanes of at least 4 members (excludes halogenated alkanes) is 5. The highest BCUT2D eigenvalue weighted by atomic mass is 16.4. The molecule has 2 heteroatoms. The Morgan fingerprint density at radius 3 is 2.25 bits per heavy atom. The summed E-state index contributed by atoms with van der Waals surface area (Å²) < 4.78 is 0. The molecule has 0 fully saturated rings. The fraction of sp³-hybridized carbons (Fsp3) is 0.643. The van der Waals surface area contributed by atoms with E-state index in [9.17, 15) is 4.79 Å². The van der Waals surface area contributed by atoms with Crippen molar-refractivity contribution in [2.75, 3.05) is 0 Å². The zero-order valence-corrected chi connectivity index (χ0v) is 10.0. The van der Waals surface area contributed by atoms with Crippen molar-refractivity contribution in [1.29, 1.82) is 0 Å². The predicted octanol–water partition coefficient (Wildman–Crippen LogP) is 3.22. The lowest BCUT2D eigenvalue weighted by Gasteiger charge is -1.93. The molecule has 0 saturated carbocycles. The summed E-state index contributed by atoms with van der Waals surface area (Å²) >= 11 is 0. The first-order valence-electron chi connectivity index (χ1n) is 5.95. The molecular weight excluding hydrogens is 200 g/mol. The average Bonchev–Trinajstić information content (AvgIpc) is 2.25. The van der Waals surface area contributed by atoms with Crippen LogP contribution in [0, 0.1) is 23.7 Å². The molecule has 1 N–H and O–H groups in total. The van der Waals surface area contributed by atoms with Gasteiger partial charge in [0.1, 0.15) is 0 Å². The molecule has 2 nitrogen and oxygen atoms in total. The lowest BCUT2D eigenvalue weighted by Crippen LogP contribution is -1.91. The van der Waals surface area contributed by atoms with E-state index in [2.05, 4.69) is 30.6 Å². The van der Waals surface area contributed by atoms with Crippen LogP contribution in [0.2, 0.25) is 0 Å². The van der Waals surface area contributed by atoms with Crippen LogP contribution in [0.25, 0.3) is 0 Å². The van der Waals surface area contributed by atoms with Gasteiger partial charge in [-0.2, -0.15) is 0 Å². The molecule has 88 valence electrons. The Labute approximate surface area is 98.4 Å². The quantitative estimate of drug-likeness (QED) is 0.528. The topological polar surface area (TPSA) is 37.3 Å². The highest BCUT2D eigenvalue weighted by Crippen LogP contribution is 2.03. The summed E-state index contributed by atoms with van der Waals surface area (Å²) in [7, 11) is 0. The van der Waals surface area contributed by atoms with Crippen molar-refractivity contribution in [3.05, 3.63) is 0 Å². The zero-order chi connectivity index (χ0) is 12.1. The van der Waals surface area contributed by atoms with Gasteiger partial charge in [0.25, 0.3) is 0 Å². The van der Waals surface area contributed by atoms with Gasteiger partial charge < -0.3 is 5.11 Å². The number of carboxylic acids is 1. The third kappa shape index (κ3) is 12.6. The molecule has 0 aliphatic heterocycles. The van der Waals surface area contributed by atoms with Crippen molar-refractivity contribution in [2.45, 2.75) is 58.3 Å². The highest BCUT2D eigenvalue weighted by molar-refractivity contribution is 5.67. The third-order valence-corrected chi connectivity index (χ3v) is 2.11. The van der Waals surface area contributed by atoms with Crippen molar-refractivity contribution in [1.82, 2.24) is 0 Å². The average molecular weight is 220 g/mol. The Hall–Kier alpha value is -1.41. The molecule has 0 rings (SSSR count). The van der Waals surface area contributed by atoms with Crippen molar-refractivity contribution in [2.24, 2.45) is 0 Å². The van der Waals surface area contributed by atoms with E-state index in [-0.39, 0.29) is 6.42 Å². The number of hydrogen-bond donors (Lipinski definition) is 1. The van der Waals surface area contributed by atoms with Crippen molar-refractivity contribution in [3.8, 4) is 23.7 Å². The second kappa shape index (κ2) is 11.7. The molecule has 0 saturated heterocycles. The van der Waals surface area contributed by atoms with Gasteiger partial charge in [0, 0.05) is 12.8 Å². The van der Waals surface area contributed by atoms with Gasteiger partial charge in [-0.05, 0) is 18.3 Å². The van der Waals surface area contributed by atoms with Gasteiger partial charge in [0.15, 0.2) is 0 Å². The molecule has 0 aromatic carbocycles. The van der Waals surface area contributed by atoms with Gasteiger partial charge in [-0.15, -0.1) is 0 Å². The van der Waals surface area contributed by atoms with Gasteiger partial charge in [-0.25, -0.2) is 0 Å². The first-order chi connectivity index (χ1) is 7.77. The molecule has 0 heterocycles.